The van der Waals surface area contributed by atoms with Crippen molar-refractivity contribution in [3.63, 3.8) is 0 Å². The van der Waals surface area contributed by atoms with E-state index in [2.05, 4.69) is 16.0 Å². The van der Waals surface area contributed by atoms with Crippen LogP contribution in [0.5, 0.6) is 0 Å². The number of halogens is 4. The molecule has 0 radical (unpaired) electrons. The summed E-state index contributed by atoms with van der Waals surface area (Å²) in [5, 5.41) is 24.7. The quantitative estimate of drug-likeness (QED) is 0.0739. The molecule has 11 N–H and O–H groups in total. The maximum absolute atomic E-state index is 13.7. The maximum atomic E-state index is 13.7. The van der Waals surface area contributed by atoms with Crippen LogP contribution >= 0.6 is 0 Å². The topological polar surface area (TPSA) is 260 Å². The molecule has 310 valence electrons. The lowest BCUT2D eigenvalue weighted by Gasteiger charge is -2.38. The Morgan fingerprint density at radius 1 is 0.732 bits per heavy atom. The maximum Gasteiger partial charge on any atom is 0.490 e. The van der Waals surface area contributed by atoms with E-state index in [4.69, 9.17) is 27.1 Å². The van der Waals surface area contributed by atoms with E-state index in [1.54, 1.807) is 24.3 Å². The number of carbonyl (C=O) groups excluding carboxylic acids is 4. The van der Waals surface area contributed by atoms with Gasteiger partial charge in [-0.15, -0.1) is 0 Å². The third kappa shape index (κ3) is 15.9. The highest BCUT2D eigenvalue weighted by Crippen LogP contribution is 2.21. The summed E-state index contributed by atoms with van der Waals surface area (Å²) in [7, 11) is 0. The number of amides is 4. The summed E-state index contributed by atoms with van der Waals surface area (Å²) < 4.78 is 45.1. The zero-order valence-corrected chi connectivity index (χ0v) is 30.8. The first-order valence-corrected chi connectivity index (χ1v) is 18.0. The number of nitrogens with zero attached hydrogens (tertiary/aromatic N) is 1. The minimum atomic E-state index is -5.08. The summed E-state index contributed by atoms with van der Waals surface area (Å²) in [6.45, 7) is -0.166. The summed E-state index contributed by atoms with van der Waals surface area (Å²) >= 11 is 0. The number of carboxylic acids is 2. The van der Waals surface area contributed by atoms with Gasteiger partial charge >= 0.3 is 18.1 Å². The monoisotopic (exact) mass is 797 g/mol. The number of nitrogens with two attached hydrogens (primary N) is 3. The van der Waals surface area contributed by atoms with Gasteiger partial charge in [0, 0.05) is 19.5 Å². The van der Waals surface area contributed by atoms with Crippen LogP contribution in [0.25, 0.3) is 0 Å². The standard InChI is InChI=1S/C35H50FN7O6.C2HF3O2/c36-18-9-15-27(31(45)41-28(14-7-8-19-37)33(47)43-20-16-35(39,17-21-43)34(48)49)40-32(46)29(23-25-12-5-2-6-13-25)42-30(44)26(38)22-24-10-3-1-4-11-24;3-2(4,5)1(6)7/h1-6,10-13,26-29H,7-9,14-23,37-39H2,(H,40,46)(H,41,45)(H,42,44)(H,48,49);(H,6,7)/t26-,27?,28-,29-;/m1./s1. The van der Waals surface area contributed by atoms with E-state index in [1.807, 2.05) is 36.4 Å². The molecule has 15 nitrogen and oxygen atoms in total. The van der Waals surface area contributed by atoms with Crippen molar-refractivity contribution in [3.8, 4) is 0 Å². The Morgan fingerprint density at radius 2 is 1.20 bits per heavy atom. The van der Waals surface area contributed by atoms with Gasteiger partial charge < -0.3 is 48.3 Å². The number of unbranched alkanes of at least 4 members (excludes halogenated alkanes) is 1. The molecule has 1 saturated heterocycles. The predicted octanol–water partition coefficient (Wildman–Crippen LogP) is 1.17. The average molecular weight is 798 g/mol. The molecule has 2 aromatic rings. The smallest absolute Gasteiger partial charge is 0.480 e. The molecule has 56 heavy (non-hydrogen) atoms. The van der Waals surface area contributed by atoms with Gasteiger partial charge in [0.25, 0.3) is 0 Å². The Hall–Kier alpha value is -5.14. The number of nitrogens with one attached hydrogen (secondary N) is 3. The normalized spacial score (nSPS) is 15.8. The molecule has 1 heterocycles. The molecule has 4 atom stereocenters. The molecular weight excluding hydrogens is 746 g/mol. The fourth-order valence-electron chi connectivity index (χ4n) is 5.70. The van der Waals surface area contributed by atoms with Crippen molar-refractivity contribution in [3.05, 3.63) is 71.8 Å². The van der Waals surface area contributed by atoms with Gasteiger partial charge in [0.05, 0.1) is 12.7 Å². The minimum Gasteiger partial charge on any atom is -0.480 e. The van der Waals surface area contributed by atoms with Crippen LogP contribution in [0.2, 0.25) is 0 Å². The highest BCUT2D eigenvalue weighted by Gasteiger charge is 2.41. The van der Waals surface area contributed by atoms with Gasteiger partial charge in [-0.1, -0.05) is 60.7 Å². The van der Waals surface area contributed by atoms with Crippen molar-refractivity contribution >= 4 is 35.6 Å². The predicted molar refractivity (Wildman–Crippen MR) is 196 cm³/mol. The van der Waals surface area contributed by atoms with E-state index in [0.29, 0.717) is 19.4 Å². The number of likely N-dealkylation sites (tertiary alicyclic amines) is 1. The molecule has 0 aliphatic carbocycles. The Labute approximate surface area is 321 Å². The second-order valence-corrected chi connectivity index (χ2v) is 13.4. The van der Waals surface area contributed by atoms with E-state index >= 15 is 0 Å². The minimum absolute atomic E-state index is 0.0400. The Kier molecular flexibility index (Phi) is 19.4. The van der Waals surface area contributed by atoms with Gasteiger partial charge in [0.1, 0.15) is 23.7 Å². The van der Waals surface area contributed by atoms with E-state index < -0.39 is 78.1 Å². The third-order valence-electron chi connectivity index (χ3n) is 9.01. The van der Waals surface area contributed by atoms with Crippen LogP contribution in [0.15, 0.2) is 60.7 Å². The molecule has 1 fully saturated rings. The molecule has 1 unspecified atom stereocenters. The second kappa shape index (κ2) is 23.1. The molecule has 3 rings (SSSR count). The number of hydrogen-bond donors (Lipinski definition) is 8. The Morgan fingerprint density at radius 3 is 1.68 bits per heavy atom. The lowest BCUT2D eigenvalue weighted by molar-refractivity contribution is -0.192. The van der Waals surface area contributed by atoms with Crippen molar-refractivity contribution in [2.45, 2.75) is 93.7 Å². The van der Waals surface area contributed by atoms with Gasteiger partial charge in [-0.05, 0) is 69.0 Å². The second-order valence-electron chi connectivity index (χ2n) is 13.4. The fraction of sp³-hybridized carbons (Fsp3) is 0.514. The molecule has 1 aliphatic heterocycles. The average Bonchev–Trinajstić information content (AvgIpc) is 3.16. The van der Waals surface area contributed by atoms with Crippen LogP contribution in [0.4, 0.5) is 17.6 Å². The summed E-state index contributed by atoms with van der Waals surface area (Å²) in [5.41, 5.74) is 18.0. The molecule has 0 aromatic heterocycles. The molecular formula is C37H51F4N7O8. The molecule has 0 saturated carbocycles. The first-order chi connectivity index (χ1) is 26.4. The van der Waals surface area contributed by atoms with Gasteiger partial charge in [-0.25, -0.2) is 4.79 Å². The molecule has 1 aliphatic rings. The summed E-state index contributed by atoms with van der Waals surface area (Å²) in [6, 6.07) is 13.9. The van der Waals surface area contributed by atoms with Crippen LogP contribution in [0.1, 0.15) is 56.1 Å². The van der Waals surface area contributed by atoms with Crippen molar-refractivity contribution in [2.24, 2.45) is 17.2 Å². The van der Waals surface area contributed by atoms with Crippen molar-refractivity contribution < 1.29 is 56.5 Å². The molecule has 0 spiro atoms. The molecule has 4 amide bonds. The van der Waals surface area contributed by atoms with E-state index in [9.17, 15) is 46.6 Å². The summed E-state index contributed by atoms with van der Waals surface area (Å²) in [5.74, 6) is -6.21. The number of carbonyl (C=O) groups is 6. The number of rotatable bonds is 19. The van der Waals surface area contributed by atoms with Crippen molar-refractivity contribution in [1.29, 1.82) is 0 Å². The number of benzene rings is 2. The summed E-state index contributed by atoms with van der Waals surface area (Å²) in [6.07, 6.45) is -3.37. The largest absolute Gasteiger partial charge is 0.490 e. The zero-order valence-electron chi connectivity index (χ0n) is 30.8. The van der Waals surface area contributed by atoms with E-state index in [-0.39, 0.29) is 58.0 Å². The number of alkyl halides is 4. The number of piperidine rings is 1. The lowest BCUT2D eigenvalue weighted by atomic mass is 9.88. The van der Waals surface area contributed by atoms with Crippen molar-refractivity contribution in [2.75, 3.05) is 26.3 Å². The number of hydrogen-bond acceptors (Lipinski definition) is 9. The Bertz CT molecular complexity index is 1580. The first kappa shape index (κ1) is 47.0. The Balaban J connectivity index is 0.00000141. The lowest BCUT2D eigenvalue weighted by Crippen LogP contribution is -2.60. The number of aliphatic carboxylic acids is 2. The van der Waals surface area contributed by atoms with E-state index in [1.165, 1.54) is 4.90 Å². The molecule has 19 heteroatoms. The van der Waals surface area contributed by atoms with E-state index in [0.717, 1.165) is 11.1 Å². The van der Waals surface area contributed by atoms with Gasteiger partial charge in [-0.3, -0.25) is 28.4 Å². The number of carboxylic acid groups (broad SMARTS) is 2. The van der Waals surface area contributed by atoms with Gasteiger partial charge in [0.2, 0.25) is 23.6 Å². The van der Waals surface area contributed by atoms with Crippen LogP contribution in [0, 0.1) is 0 Å². The SMILES string of the molecule is NCCCC[C@@H](NC(=O)C(CCCF)NC(=O)[C@@H](Cc1ccccc1)NC(=O)[C@H](N)Cc1ccccc1)C(=O)N1CCC(N)(C(=O)O)CC1.O=C(O)C(F)(F)F. The molecule has 2 aromatic carbocycles. The van der Waals surface area contributed by atoms with Gasteiger partial charge in [0.15, 0.2) is 0 Å². The zero-order chi connectivity index (χ0) is 41.9. The fourth-order valence-corrected chi connectivity index (χ4v) is 5.70. The van der Waals surface area contributed by atoms with Gasteiger partial charge in [-0.2, -0.15) is 13.2 Å². The van der Waals surface area contributed by atoms with Crippen LogP contribution in [-0.2, 0) is 41.6 Å². The van der Waals surface area contributed by atoms with Crippen LogP contribution in [0.3, 0.4) is 0 Å². The highest BCUT2D eigenvalue weighted by molar-refractivity contribution is 5.95. The van der Waals surface area contributed by atoms with Crippen LogP contribution < -0.4 is 33.2 Å². The van der Waals surface area contributed by atoms with Crippen molar-refractivity contribution in [1.82, 2.24) is 20.9 Å². The summed E-state index contributed by atoms with van der Waals surface area (Å²) in [4.78, 5) is 76.1. The van der Waals surface area contributed by atoms with Crippen LogP contribution in [-0.4, -0.2) is 113 Å². The first-order valence-electron chi connectivity index (χ1n) is 18.0. The highest BCUT2D eigenvalue weighted by atomic mass is 19.4. The molecule has 0 bridgehead atoms. The third-order valence-corrected chi connectivity index (χ3v) is 9.01.